The van der Waals surface area contributed by atoms with E-state index in [0.29, 0.717) is 18.4 Å². The lowest BCUT2D eigenvalue weighted by molar-refractivity contribution is 0.305. The van der Waals surface area contributed by atoms with Gasteiger partial charge in [-0.1, -0.05) is 28.1 Å². The summed E-state index contributed by atoms with van der Waals surface area (Å²) in [5, 5.41) is 11.5. The Hall–Kier alpha value is -0.580. The van der Waals surface area contributed by atoms with Gasteiger partial charge in [-0.05, 0) is 57.9 Å². The molecular weight excluding hydrogens is 364 g/mol. The summed E-state index contributed by atoms with van der Waals surface area (Å²) in [6.07, 6.45) is 1.66. The predicted molar refractivity (Wildman–Crippen MR) is 98.3 cm³/mol. The van der Waals surface area contributed by atoms with E-state index in [1.165, 1.54) is 5.56 Å². The molecule has 22 heavy (non-hydrogen) atoms. The van der Waals surface area contributed by atoms with Crippen LogP contribution in [0, 0.1) is 5.41 Å². The van der Waals surface area contributed by atoms with Crippen LogP contribution in [0.15, 0.2) is 22.7 Å². The molecule has 0 radical (unpaired) electrons. The number of benzene rings is 1. The van der Waals surface area contributed by atoms with Crippen molar-refractivity contribution in [2.75, 3.05) is 19.5 Å². The molecule has 0 spiro atoms. The van der Waals surface area contributed by atoms with Crippen LogP contribution in [0.3, 0.4) is 0 Å². The van der Waals surface area contributed by atoms with Crippen molar-refractivity contribution in [1.29, 1.82) is 5.41 Å². The number of rotatable bonds is 8. The smallest absolute Gasteiger partial charge is 0.188 e. The van der Waals surface area contributed by atoms with Gasteiger partial charge in [0.1, 0.15) is 0 Å². The number of ether oxygens (including phenoxy) is 1. The molecule has 0 saturated carbocycles. The molecule has 1 unspecified atom stereocenters. The first-order valence-corrected chi connectivity index (χ1v) is 8.96. The number of nitrogens with one attached hydrogen (secondary N) is 2. The van der Waals surface area contributed by atoms with Crippen LogP contribution in [0.25, 0.3) is 0 Å². The van der Waals surface area contributed by atoms with Gasteiger partial charge in [0.2, 0.25) is 0 Å². The summed E-state index contributed by atoms with van der Waals surface area (Å²) >= 11 is 9.47. The summed E-state index contributed by atoms with van der Waals surface area (Å²) in [7, 11) is 1.95. The first-order chi connectivity index (χ1) is 10.4. The van der Waals surface area contributed by atoms with E-state index in [1.54, 1.807) is 0 Å². The zero-order chi connectivity index (χ0) is 16.8. The number of alkyl halides is 1. The fourth-order valence-corrected chi connectivity index (χ4v) is 2.99. The topological polar surface area (TPSA) is 45.1 Å². The molecular formula is C17H26BrClN2O. The fourth-order valence-electron chi connectivity index (χ4n) is 2.31. The summed E-state index contributed by atoms with van der Waals surface area (Å²) in [5.41, 5.74) is 2.15. The lowest BCUT2D eigenvalue weighted by atomic mass is 9.88. The van der Waals surface area contributed by atoms with Crippen LogP contribution in [-0.2, 0) is 10.3 Å². The Morgan fingerprint density at radius 3 is 2.68 bits per heavy atom. The number of halogens is 2. The maximum Gasteiger partial charge on any atom is 0.188 e. The van der Waals surface area contributed by atoms with Crippen LogP contribution in [0.2, 0.25) is 0 Å². The minimum Gasteiger partial charge on any atom is -0.481 e. The molecule has 1 rings (SSSR count). The van der Waals surface area contributed by atoms with Crippen LogP contribution >= 0.6 is 27.5 Å². The van der Waals surface area contributed by atoms with Gasteiger partial charge in [-0.15, -0.1) is 11.6 Å². The predicted octanol–water partition coefficient (Wildman–Crippen LogP) is 5.02. The van der Waals surface area contributed by atoms with E-state index in [-0.39, 0.29) is 11.5 Å². The molecule has 2 N–H and O–H groups in total. The third kappa shape index (κ3) is 4.97. The van der Waals surface area contributed by atoms with Gasteiger partial charge in [0.05, 0.1) is 12.5 Å². The Kier molecular flexibility index (Phi) is 7.87. The summed E-state index contributed by atoms with van der Waals surface area (Å²) in [6.45, 7) is 6.70. The molecule has 1 aromatic carbocycles. The Labute approximate surface area is 147 Å². The van der Waals surface area contributed by atoms with Crippen molar-refractivity contribution in [3.05, 3.63) is 33.8 Å². The van der Waals surface area contributed by atoms with Crippen molar-refractivity contribution < 1.29 is 4.74 Å². The molecule has 3 nitrogen and oxygen atoms in total. The van der Waals surface area contributed by atoms with E-state index in [4.69, 9.17) is 21.7 Å². The van der Waals surface area contributed by atoms with Gasteiger partial charge in [-0.25, -0.2) is 0 Å². The van der Waals surface area contributed by atoms with Gasteiger partial charge in [-0.2, -0.15) is 0 Å². The normalized spacial score (nSPS) is 13.0. The summed E-state index contributed by atoms with van der Waals surface area (Å²) in [4.78, 5) is 0. The summed E-state index contributed by atoms with van der Waals surface area (Å²) in [5.74, 6) is 0.836. The maximum absolute atomic E-state index is 8.23. The molecule has 1 aromatic rings. The zero-order valence-electron chi connectivity index (χ0n) is 13.8. The second kappa shape index (κ2) is 8.90. The second-order valence-corrected chi connectivity index (χ2v) is 7.02. The third-order valence-corrected chi connectivity index (χ3v) is 4.95. The molecule has 5 heteroatoms. The minimum atomic E-state index is -0.125. The van der Waals surface area contributed by atoms with Gasteiger partial charge in [0.25, 0.3) is 0 Å². The van der Waals surface area contributed by atoms with Gasteiger partial charge >= 0.3 is 0 Å². The van der Waals surface area contributed by atoms with Crippen molar-refractivity contribution in [1.82, 2.24) is 5.32 Å². The van der Waals surface area contributed by atoms with E-state index in [1.807, 2.05) is 14.0 Å². The Morgan fingerprint density at radius 1 is 1.45 bits per heavy atom. The Bertz CT molecular complexity index is 505. The average molecular weight is 390 g/mol. The van der Waals surface area contributed by atoms with E-state index >= 15 is 0 Å². The largest absolute Gasteiger partial charge is 0.481 e. The molecule has 0 bridgehead atoms. The minimum absolute atomic E-state index is 0.0688. The van der Waals surface area contributed by atoms with Crippen molar-refractivity contribution in [2.24, 2.45) is 0 Å². The average Bonchev–Trinajstić information content (AvgIpc) is 2.49. The lowest BCUT2D eigenvalue weighted by Gasteiger charge is -2.27. The van der Waals surface area contributed by atoms with Crippen molar-refractivity contribution in [3.8, 4) is 0 Å². The maximum atomic E-state index is 8.23. The van der Waals surface area contributed by atoms with Crippen molar-refractivity contribution in [3.63, 3.8) is 0 Å². The highest BCUT2D eigenvalue weighted by molar-refractivity contribution is 9.10. The van der Waals surface area contributed by atoms with E-state index < -0.39 is 0 Å². The highest BCUT2D eigenvalue weighted by atomic mass is 79.9. The van der Waals surface area contributed by atoms with Crippen LogP contribution < -0.4 is 5.32 Å². The SMILES string of the molecule is CCOC(=N)C(CCCCl)c1cc(C(C)(C)NC)ccc1Br. The van der Waals surface area contributed by atoms with Crippen LogP contribution in [0.1, 0.15) is 50.7 Å². The van der Waals surface area contributed by atoms with Crippen molar-refractivity contribution >= 4 is 33.4 Å². The van der Waals surface area contributed by atoms with E-state index in [2.05, 4.69) is 53.3 Å². The second-order valence-electron chi connectivity index (χ2n) is 5.79. The Morgan fingerprint density at radius 2 is 2.14 bits per heavy atom. The Balaban J connectivity index is 3.22. The summed E-state index contributed by atoms with van der Waals surface area (Å²) in [6, 6.07) is 6.32. The first kappa shape index (κ1) is 19.5. The highest BCUT2D eigenvalue weighted by Gasteiger charge is 2.24. The van der Waals surface area contributed by atoms with Gasteiger partial charge < -0.3 is 10.1 Å². The molecule has 124 valence electrons. The molecule has 0 aromatic heterocycles. The van der Waals surface area contributed by atoms with E-state index in [9.17, 15) is 0 Å². The molecule has 0 heterocycles. The lowest BCUT2D eigenvalue weighted by Crippen LogP contribution is -2.33. The zero-order valence-corrected chi connectivity index (χ0v) is 16.1. The van der Waals surface area contributed by atoms with Crippen LogP contribution in [0.5, 0.6) is 0 Å². The van der Waals surface area contributed by atoms with Gasteiger partial charge in [0.15, 0.2) is 5.90 Å². The fraction of sp³-hybridized carbons (Fsp3) is 0.588. The molecule has 0 saturated heterocycles. The number of hydrogen-bond donors (Lipinski definition) is 2. The number of hydrogen-bond acceptors (Lipinski definition) is 3. The molecule has 0 aliphatic heterocycles. The highest BCUT2D eigenvalue weighted by Crippen LogP contribution is 2.33. The van der Waals surface area contributed by atoms with Crippen LogP contribution in [0.4, 0.5) is 0 Å². The van der Waals surface area contributed by atoms with Crippen LogP contribution in [-0.4, -0.2) is 25.4 Å². The van der Waals surface area contributed by atoms with Gasteiger partial charge in [0, 0.05) is 15.9 Å². The first-order valence-electron chi connectivity index (χ1n) is 7.63. The molecule has 0 aliphatic carbocycles. The molecule has 0 fully saturated rings. The molecule has 1 atom stereocenters. The standard InChI is InChI=1S/C17H26BrClN2O/c1-5-22-16(20)13(7-6-10-19)14-11-12(8-9-15(14)18)17(2,3)21-4/h8-9,11,13,20-21H,5-7,10H2,1-4H3. The molecule has 0 amide bonds. The third-order valence-electron chi connectivity index (χ3n) is 3.96. The summed E-state index contributed by atoms with van der Waals surface area (Å²) < 4.78 is 6.47. The van der Waals surface area contributed by atoms with E-state index in [0.717, 1.165) is 22.9 Å². The molecule has 0 aliphatic rings. The van der Waals surface area contributed by atoms with Gasteiger partial charge in [-0.3, -0.25) is 5.41 Å². The monoisotopic (exact) mass is 388 g/mol. The van der Waals surface area contributed by atoms with Crippen molar-refractivity contribution in [2.45, 2.75) is 45.1 Å². The quantitative estimate of drug-likeness (QED) is 0.372.